The fourth-order valence-electron chi connectivity index (χ4n) is 2.36. The first-order valence-electron chi connectivity index (χ1n) is 5.55. The van der Waals surface area contributed by atoms with E-state index < -0.39 is 0 Å². The van der Waals surface area contributed by atoms with Crippen LogP contribution in [0.4, 0.5) is 5.69 Å². The lowest BCUT2D eigenvalue weighted by Crippen LogP contribution is -2.29. The highest BCUT2D eigenvalue weighted by Crippen LogP contribution is 2.28. The van der Waals surface area contributed by atoms with Gasteiger partial charge in [-0.2, -0.15) is 5.26 Å². The molecule has 0 N–H and O–H groups in total. The summed E-state index contributed by atoms with van der Waals surface area (Å²) in [6.07, 6.45) is 5.17. The number of para-hydroxylation sites is 1. The minimum Gasteiger partial charge on any atom is -0.371 e. The predicted octanol–water partition coefficient (Wildman–Crippen LogP) is 2.94. The Morgan fingerprint density at radius 3 is 2.60 bits per heavy atom. The molecule has 1 aromatic carbocycles. The van der Waals surface area contributed by atoms with E-state index in [1.807, 2.05) is 24.3 Å². The first-order chi connectivity index (χ1) is 7.33. The molecule has 0 amide bonds. The van der Waals surface area contributed by atoms with Crippen molar-refractivity contribution in [2.45, 2.75) is 31.7 Å². The third-order valence-corrected chi connectivity index (χ3v) is 3.28. The molecule has 1 aliphatic carbocycles. The van der Waals surface area contributed by atoms with Gasteiger partial charge in [-0.15, -0.1) is 0 Å². The van der Waals surface area contributed by atoms with Gasteiger partial charge < -0.3 is 4.90 Å². The van der Waals surface area contributed by atoms with E-state index in [1.54, 1.807) is 0 Å². The summed E-state index contributed by atoms with van der Waals surface area (Å²) in [5.41, 5.74) is 1.86. The molecule has 0 radical (unpaired) electrons. The van der Waals surface area contributed by atoms with Crippen molar-refractivity contribution in [3.05, 3.63) is 29.8 Å². The van der Waals surface area contributed by atoms with Gasteiger partial charge >= 0.3 is 0 Å². The summed E-state index contributed by atoms with van der Waals surface area (Å²) in [5, 5.41) is 9.03. The average molecular weight is 200 g/mol. The molecule has 78 valence electrons. The van der Waals surface area contributed by atoms with E-state index in [0.717, 1.165) is 11.3 Å². The van der Waals surface area contributed by atoms with Gasteiger partial charge in [0.15, 0.2) is 0 Å². The van der Waals surface area contributed by atoms with Crippen LogP contribution < -0.4 is 4.90 Å². The molecule has 0 unspecified atom stereocenters. The minimum atomic E-state index is 0.625. The zero-order valence-electron chi connectivity index (χ0n) is 9.11. The van der Waals surface area contributed by atoms with Crippen LogP contribution in [0.3, 0.4) is 0 Å². The fraction of sp³-hybridized carbons (Fsp3) is 0.462. The molecule has 0 heterocycles. The molecular formula is C13H16N2. The lowest BCUT2D eigenvalue weighted by Gasteiger charge is -2.27. The lowest BCUT2D eigenvalue weighted by molar-refractivity contribution is 0.653. The van der Waals surface area contributed by atoms with E-state index in [1.165, 1.54) is 25.7 Å². The number of rotatable bonds is 2. The molecule has 0 bridgehead atoms. The van der Waals surface area contributed by atoms with Gasteiger partial charge in [-0.05, 0) is 25.0 Å². The van der Waals surface area contributed by atoms with Gasteiger partial charge in [0.2, 0.25) is 0 Å². The molecule has 0 atom stereocenters. The summed E-state index contributed by atoms with van der Waals surface area (Å²) >= 11 is 0. The Balaban J connectivity index is 2.24. The molecule has 0 spiro atoms. The highest BCUT2D eigenvalue weighted by molar-refractivity contribution is 5.59. The zero-order chi connectivity index (χ0) is 10.7. The van der Waals surface area contributed by atoms with E-state index in [4.69, 9.17) is 5.26 Å². The third-order valence-electron chi connectivity index (χ3n) is 3.28. The van der Waals surface area contributed by atoms with Crippen LogP contribution in [0.25, 0.3) is 0 Å². The van der Waals surface area contributed by atoms with Gasteiger partial charge in [0, 0.05) is 13.1 Å². The number of nitrogens with zero attached hydrogens (tertiary/aromatic N) is 2. The van der Waals surface area contributed by atoms with Crippen molar-refractivity contribution in [3.8, 4) is 6.07 Å². The molecule has 2 heteroatoms. The van der Waals surface area contributed by atoms with Crippen molar-refractivity contribution in [2.75, 3.05) is 11.9 Å². The van der Waals surface area contributed by atoms with Crippen LogP contribution in [0.15, 0.2) is 24.3 Å². The van der Waals surface area contributed by atoms with Crippen LogP contribution in [0.5, 0.6) is 0 Å². The van der Waals surface area contributed by atoms with Gasteiger partial charge in [0.1, 0.15) is 6.07 Å². The zero-order valence-corrected chi connectivity index (χ0v) is 9.11. The second kappa shape index (κ2) is 4.35. The van der Waals surface area contributed by atoms with Gasteiger partial charge in [0.25, 0.3) is 0 Å². The molecule has 1 saturated carbocycles. The van der Waals surface area contributed by atoms with Crippen LogP contribution in [0.2, 0.25) is 0 Å². The average Bonchev–Trinajstić information content (AvgIpc) is 2.81. The van der Waals surface area contributed by atoms with Gasteiger partial charge in [-0.3, -0.25) is 0 Å². The van der Waals surface area contributed by atoms with Crippen molar-refractivity contribution in [1.29, 1.82) is 5.26 Å². The Hall–Kier alpha value is -1.49. The van der Waals surface area contributed by atoms with Crippen molar-refractivity contribution in [3.63, 3.8) is 0 Å². The summed E-state index contributed by atoms with van der Waals surface area (Å²) in [6.45, 7) is 0. The molecule has 1 fully saturated rings. The molecule has 1 aromatic rings. The van der Waals surface area contributed by atoms with Crippen LogP contribution in [0.1, 0.15) is 31.2 Å². The first-order valence-corrected chi connectivity index (χ1v) is 5.55. The normalized spacial score (nSPS) is 16.3. The number of anilines is 1. The van der Waals surface area contributed by atoms with Crippen molar-refractivity contribution >= 4 is 5.69 Å². The Bertz CT molecular complexity index is 372. The maximum absolute atomic E-state index is 9.03. The van der Waals surface area contributed by atoms with Crippen molar-refractivity contribution in [2.24, 2.45) is 0 Å². The molecule has 0 saturated heterocycles. The summed E-state index contributed by atoms with van der Waals surface area (Å²) < 4.78 is 0. The Morgan fingerprint density at radius 1 is 1.27 bits per heavy atom. The minimum absolute atomic E-state index is 0.625. The molecule has 0 aromatic heterocycles. The largest absolute Gasteiger partial charge is 0.371 e. The maximum Gasteiger partial charge on any atom is 0.101 e. The van der Waals surface area contributed by atoms with E-state index in [-0.39, 0.29) is 0 Å². The lowest BCUT2D eigenvalue weighted by atomic mass is 10.1. The van der Waals surface area contributed by atoms with Crippen LogP contribution >= 0.6 is 0 Å². The second-order valence-electron chi connectivity index (χ2n) is 4.18. The SMILES string of the molecule is CN(c1ccccc1C#N)C1CCCC1. The topological polar surface area (TPSA) is 27.0 Å². The quantitative estimate of drug-likeness (QED) is 0.734. The van der Waals surface area contributed by atoms with Crippen molar-refractivity contribution in [1.82, 2.24) is 0 Å². The summed E-state index contributed by atoms with van der Waals surface area (Å²) in [7, 11) is 2.10. The molecular weight excluding hydrogens is 184 g/mol. The molecule has 2 rings (SSSR count). The number of benzene rings is 1. The number of nitriles is 1. The number of hydrogen-bond donors (Lipinski definition) is 0. The molecule has 15 heavy (non-hydrogen) atoms. The molecule has 1 aliphatic rings. The van der Waals surface area contributed by atoms with E-state index in [2.05, 4.69) is 18.0 Å². The standard InChI is InChI=1S/C13H16N2/c1-15(12-7-3-4-8-12)13-9-5-2-6-11(13)10-14/h2,5-6,9,12H,3-4,7-8H2,1H3. The van der Waals surface area contributed by atoms with Crippen LogP contribution in [0, 0.1) is 11.3 Å². The Labute approximate surface area is 91.1 Å². The third kappa shape index (κ3) is 1.97. The maximum atomic E-state index is 9.03. The number of hydrogen-bond acceptors (Lipinski definition) is 2. The predicted molar refractivity (Wildman–Crippen MR) is 61.8 cm³/mol. The molecule has 2 nitrogen and oxygen atoms in total. The Kier molecular flexibility index (Phi) is 2.91. The van der Waals surface area contributed by atoms with Gasteiger partial charge in [0.05, 0.1) is 11.3 Å². The van der Waals surface area contributed by atoms with Crippen LogP contribution in [-0.4, -0.2) is 13.1 Å². The summed E-state index contributed by atoms with van der Waals surface area (Å²) in [6, 6.07) is 10.7. The monoisotopic (exact) mass is 200 g/mol. The van der Waals surface area contributed by atoms with Crippen LogP contribution in [-0.2, 0) is 0 Å². The fourth-order valence-corrected chi connectivity index (χ4v) is 2.36. The Morgan fingerprint density at radius 2 is 1.93 bits per heavy atom. The highest BCUT2D eigenvalue weighted by atomic mass is 15.1. The molecule has 0 aliphatic heterocycles. The smallest absolute Gasteiger partial charge is 0.101 e. The second-order valence-corrected chi connectivity index (χ2v) is 4.18. The van der Waals surface area contributed by atoms with Crippen molar-refractivity contribution < 1.29 is 0 Å². The van der Waals surface area contributed by atoms with E-state index in [9.17, 15) is 0 Å². The first kappa shape index (κ1) is 10.0. The summed E-state index contributed by atoms with van der Waals surface area (Å²) in [4.78, 5) is 2.27. The highest BCUT2D eigenvalue weighted by Gasteiger charge is 2.21. The van der Waals surface area contributed by atoms with E-state index >= 15 is 0 Å². The summed E-state index contributed by atoms with van der Waals surface area (Å²) in [5.74, 6) is 0. The van der Waals surface area contributed by atoms with Gasteiger partial charge in [-0.25, -0.2) is 0 Å². The van der Waals surface area contributed by atoms with E-state index in [0.29, 0.717) is 6.04 Å². The van der Waals surface area contributed by atoms with Gasteiger partial charge in [-0.1, -0.05) is 25.0 Å².